The van der Waals surface area contributed by atoms with Gasteiger partial charge < -0.3 is 0 Å². The number of hydrogen-bond acceptors (Lipinski definition) is 0. The molecule has 0 aliphatic heterocycles. The van der Waals surface area contributed by atoms with Crippen molar-refractivity contribution in [3.8, 4) is 12.8 Å². The highest BCUT2D eigenvalue weighted by Gasteiger charge is 2.02. The maximum Gasteiger partial charge on any atom is -0.0219 e. The molecule has 0 aliphatic rings. The second-order valence-electron chi connectivity index (χ2n) is 3.98. The van der Waals surface area contributed by atoms with Crippen LogP contribution in [0.5, 0.6) is 0 Å². The Balaban J connectivity index is 0.000000791. The summed E-state index contributed by atoms with van der Waals surface area (Å²) in [4.78, 5) is 0. The van der Waals surface area contributed by atoms with Gasteiger partial charge in [0.1, 0.15) is 0 Å². The minimum absolute atomic E-state index is 0.642. The van der Waals surface area contributed by atoms with Crippen molar-refractivity contribution in [1.82, 2.24) is 0 Å². The second-order valence-corrected chi connectivity index (χ2v) is 3.98. The van der Waals surface area contributed by atoms with Crippen molar-refractivity contribution >= 4 is 0 Å². The predicted octanol–water partition coefficient (Wildman–Crippen LogP) is 4.18. The molecule has 14 heavy (non-hydrogen) atoms. The molecule has 0 fully saturated rings. The van der Waals surface area contributed by atoms with E-state index in [9.17, 15) is 0 Å². The van der Waals surface area contributed by atoms with Crippen molar-refractivity contribution in [3.05, 3.63) is 35.4 Å². The summed E-state index contributed by atoms with van der Waals surface area (Å²) in [5.41, 5.74) is 2.89. The summed E-state index contributed by atoms with van der Waals surface area (Å²) in [7, 11) is 0. The molecule has 0 unspecified atom stereocenters. The standard InChI is InChI=1S/C12H18.C2H2/c1-9(2)11-6-5-7-12(8-11)10(3)4;1-2/h5-10H,1-4H3;1-2H. The zero-order chi connectivity index (χ0) is 11.1. The van der Waals surface area contributed by atoms with Gasteiger partial charge in [-0.2, -0.15) is 0 Å². The summed E-state index contributed by atoms with van der Waals surface area (Å²) in [5, 5.41) is 0. The van der Waals surface area contributed by atoms with E-state index < -0.39 is 0 Å². The Labute approximate surface area is 88.4 Å². The van der Waals surface area contributed by atoms with Crippen LogP contribution < -0.4 is 0 Å². The first-order valence-corrected chi connectivity index (χ1v) is 5.04. The smallest absolute Gasteiger partial charge is 0.0219 e. The summed E-state index contributed by atoms with van der Waals surface area (Å²) < 4.78 is 0. The van der Waals surface area contributed by atoms with Gasteiger partial charge in [0.2, 0.25) is 0 Å². The molecule has 0 aliphatic carbocycles. The Kier molecular flexibility index (Phi) is 5.72. The third-order valence-electron chi connectivity index (χ3n) is 2.24. The molecule has 0 bridgehead atoms. The Hall–Kier alpha value is -1.22. The fourth-order valence-corrected chi connectivity index (χ4v) is 1.28. The number of terminal acetylenes is 1. The molecule has 0 heteroatoms. The third kappa shape index (κ3) is 3.66. The minimum atomic E-state index is 0.642. The molecule has 0 spiro atoms. The van der Waals surface area contributed by atoms with Crippen LogP contribution in [-0.4, -0.2) is 0 Å². The van der Waals surface area contributed by atoms with E-state index >= 15 is 0 Å². The lowest BCUT2D eigenvalue weighted by molar-refractivity contribution is 0.834. The fourth-order valence-electron chi connectivity index (χ4n) is 1.28. The average Bonchev–Trinajstić information content (AvgIpc) is 2.21. The van der Waals surface area contributed by atoms with E-state index in [1.54, 1.807) is 0 Å². The molecular formula is C14H20. The van der Waals surface area contributed by atoms with Crippen molar-refractivity contribution in [2.24, 2.45) is 0 Å². The third-order valence-corrected chi connectivity index (χ3v) is 2.24. The van der Waals surface area contributed by atoms with E-state index in [0.29, 0.717) is 11.8 Å². The Bertz CT molecular complexity index is 256. The highest BCUT2D eigenvalue weighted by molar-refractivity contribution is 5.27. The van der Waals surface area contributed by atoms with Gasteiger partial charge in [-0.15, -0.1) is 12.8 Å². The Morgan fingerprint density at radius 1 is 0.857 bits per heavy atom. The van der Waals surface area contributed by atoms with Crippen molar-refractivity contribution in [2.45, 2.75) is 39.5 Å². The van der Waals surface area contributed by atoms with Crippen LogP contribution in [0.15, 0.2) is 24.3 Å². The van der Waals surface area contributed by atoms with Crippen molar-refractivity contribution in [2.75, 3.05) is 0 Å². The van der Waals surface area contributed by atoms with Crippen LogP contribution in [0.3, 0.4) is 0 Å². The van der Waals surface area contributed by atoms with E-state index in [1.165, 1.54) is 11.1 Å². The van der Waals surface area contributed by atoms with Gasteiger partial charge >= 0.3 is 0 Å². The zero-order valence-corrected chi connectivity index (χ0v) is 9.62. The lowest BCUT2D eigenvalue weighted by atomic mass is 9.96. The van der Waals surface area contributed by atoms with Crippen molar-refractivity contribution in [3.63, 3.8) is 0 Å². The maximum atomic E-state index is 4.00. The van der Waals surface area contributed by atoms with Gasteiger partial charge in [-0.05, 0) is 23.0 Å². The molecule has 76 valence electrons. The zero-order valence-electron chi connectivity index (χ0n) is 9.62. The van der Waals surface area contributed by atoms with Gasteiger partial charge in [0.15, 0.2) is 0 Å². The molecule has 0 aromatic heterocycles. The van der Waals surface area contributed by atoms with Crippen LogP contribution in [-0.2, 0) is 0 Å². The Morgan fingerprint density at radius 2 is 1.21 bits per heavy atom. The van der Waals surface area contributed by atoms with E-state index in [0.717, 1.165) is 0 Å². The molecule has 1 rings (SSSR count). The van der Waals surface area contributed by atoms with Crippen LogP contribution >= 0.6 is 0 Å². The topological polar surface area (TPSA) is 0 Å². The van der Waals surface area contributed by atoms with Crippen LogP contribution in [0, 0.1) is 12.8 Å². The summed E-state index contributed by atoms with van der Waals surface area (Å²) in [5.74, 6) is 1.28. The largest absolute Gasteiger partial charge is 0.124 e. The monoisotopic (exact) mass is 188 g/mol. The molecule has 0 radical (unpaired) electrons. The highest BCUT2D eigenvalue weighted by Crippen LogP contribution is 2.20. The lowest BCUT2D eigenvalue weighted by Crippen LogP contribution is -1.91. The number of benzene rings is 1. The van der Waals surface area contributed by atoms with Gasteiger partial charge in [-0.3, -0.25) is 0 Å². The summed E-state index contributed by atoms with van der Waals surface area (Å²) in [6.07, 6.45) is 8.00. The average molecular weight is 188 g/mol. The molecular weight excluding hydrogens is 168 g/mol. The molecule has 0 nitrogen and oxygen atoms in total. The first kappa shape index (κ1) is 12.8. The van der Waals surface area contributed by atoms with E-state index in [2.05, 4.69) is 64.8 Å². The van der Waals surface area contributed by atoms with Gasteiger partial charge in [-0.25, -0.2) is 0 Å². The molecule has 1 aromatic carbocycles. The van der Waals surface area contributed by atoms with E-state index in [-0.39, 0.29) is 0 Å². The van der Waals surface area contributed by atoms with E-state index in [1.807, 2.05) is 0 Å². The lowest BCUT2D eigenvalue weighted by Gasteiger charge is -2.09. The second kappa shape index (κ2) is 6.27. The summed E-state index contributed by atoms with van der Waals surface area (Å²) in [6, 6.07) is 8.88. The van der Waals surface area contributed by atoms with Gasteiger partial charge in [0.05, 0.1) is 0 Å². The minimum Gasteiger partial charge on any atom is -0.124 e. The number of hydrogen-bond donors (Lipinski definition) is 0. The van der Waals surface area contributed by atoms with Gasteiger partial charge in [-0.1, -0.05) is 52.0 Å². The molecule has 0 saturated heterocycles. The first-order chi connectivity index (χ1) is 6.61. The van der Waals surface area contributed by atoms with Crippen molar-refractivity contribution in [1.29, 1.82) is 0 Å². The fraction of sp³-hybridized carbons (Fsp3) is 0.429. The van der Waals surface area contributed by atoms with Crippen LogP contribution in [0.1, 0.15) is 50.7 Å². The number of rotatable bonds is 2. The normalized spacial score (nSPS) is 9.71. The summed E-state index contributed by atoms with van der Waals surface area (Å²) >= 11 is 0. The predicted molar refractivity (Wildman–Crippen MR) is 64.5 cm³/mol. The molecule has 1 aromatic rings. The SMILES string of the molecule is C#C.CC(C)c1cccc(C(C)C)c1. The van der Waals surface area contributed by atoms with Crippen LogP contribution in [0.25, 0.3) is 0 Å². The molecule has 0 saturated carbocycles. The van der Waals surface area contributed by atoms with Gasteiger partial charge in [0.25, 0.3) is 0 Å². The maximum absolute atomic E-state index is 4.00. The first-order valence-electron chi connectivity index (χ1n) is 5.04. The molecule has 0 amide bonds. The molecule has 0 heterocycles. The molecule has 0 atom stereocenters. The highest BCUT2D eigenvalue weighted by atomic mass is 14.1. The molecule has 0 N–H and O–H groups in total. The van der Waals surface area contributed by atoms with Crippen LogP contribution in [0.4, 0.5) is 0 Å². The van der Waals surface area contributed by atoms with Gasteiger partial charge in [0, 0.05) is 0 Å². The Morgan fingerprint density at radius 3 is 1.50 bits per heavy atom. The van der Waals surface area contributed by atoms with Crippen LogP contribution in [0.2, 0.25) is 0 Å². The summed E-state index contributed by atoms with van der Waals surface area (Å²) in [6.45, 7) is 8.94. The van der Waals surface area contributed by atoms with Crippen molar-refractivity contribution < 1.29 is 0 Å². The quantitative estimate of drug-likeness (QED) is 0.611. The van der Waals surface area contributed by atoms with E-state index in [4.69, 9.17) is 0 Å².